The second-order valence-electron chi connectivity index (χ2n) is 4.00. The molecule has 0 saturated heterocycles. The number of nitrogens with one attached hydrogen (secondary N) is 1. The van der Waals surface area contributed by atoms with Gasteiger partial charge in [-0.2, -0.15) is 18.4 Å². The average molecular weight is 308 g/mol. The van der Waals surface area contributed by atoms with E-state index in [0.29, 0.717) is 0 Å². The lowest BCUT2D eigenvalue weighted by molar-refractivity contribution is -0.200. The molecule has 1 atom stereocenters. The Morgan fingerprint density at radius 3 is 2.55 bits per heavy atom. The molecule has 0 aliphatic rings. The lowest BCUT2D eigenvalue weighted by atomic mass is 10.2. The lowest BCUT2D eigenvalue weighted by Crippen LogP contribution is -2.40. The molecule has 0 aromatic heterocycles. The van der Waals surface area contributed by atoms with Gasteiger partial charge in [-0.15, -0.1) is 0 Å². The summed E-state index contributed by atoms with van der Waals surface area (Å²) in [6.07, 6.45) is -7.71. The first-order valence-electron chi connectivity index (χ1n) is 5.33. The van der Waals surface area contributed by atoms with Gasteiger partial charge in [-0.25, -0.2) is 13.1 Å². The van der Waals surface area contributed by atoms with Crippen LogP contribution in [0.2, 0.25) is 0 Å². The van der Waals surface area contributed by atoms with Crippen molar-refractivity contribution in [2.24, 2.45) is 0 Å². The Balaban J connectivity index is 2.98. The standard InChI is InChI=1S/C11H11F3N2O3S/c1-7-2-3-8(5-15)4-9(7)20(18,19)16-6-10(17)11(12,13)14/h2-4,10,16-17H,6H2,1H3. The molecule has 0 amide bonds. The monoisotopic (exact) mass is 308 g/mol. The van der Waals surface area contributed by atoms with Gasteiger partial charge in [0.05, 0.1) is 16.5 Å². The molecular formula is C11H11F3N2O3S. The number of hydrogen-bond acceptors (Lipinski definition) is 4. The fourth-order valence-corrected chi connectivity index (χ4v) is 2.65. The highest BCUT2D eigenvalue weighted by molar-refractivity contribution is 7.89. The van der Waals surface area contributed by atoms with Gasteiger partial charge in [0.2, 0.25) is 10.0 Å². The molecule has 0 saturated carbocycles. The lowest BCUT2D eigenvalue weighted by Gasteiger charge is -2.16. The van der Waals surface area contributed by atoms with E-state index < -0.39 is 28.8 Å². The first-order valence-corrected chi connectivity index (χ1v) is 6.81. The highest BCUT2D eigenvalue weighted by Gasteiger charge is 2.38. The molecule has 20 heavy (non-hydrogen) atoms. The van der Waals surface area contributed by atoms with E-state index in [-0.39, 0.29) is 16.0 Å². The van der Waals surface area contributed by atoms with Crippen molar-refractivity contribution in [2.45, 2.75) is 24.1 Å². The number of alkyl halides is 3. The van der Waals surface area contributed by atoms with Gasteiger partial charge in [0.25, 0.3) is 0 Å². The summed E-state index contributed by atoms with van der Waals surface area (Å²) in [4.78, 5) is -0.300. The Labute approximate surface area is 113 Å². The summed E-state index contributed by atoms with van der Waals surface area (Å²) in [7, 11) is -4.24. The Hall–Kier alpha value is -1.63. The van der Waals surface area contributed by atoms with E-state index in [9.17, 15) is 21.6 Å². The summed E-state index contributed by atoms with van der Waals surface area (Å²) in [5.41, 5.74) is 0.338. The third-order valence-corrected chi connectivity index (χ3v) is 4.02. The minimum Gasteiger partial charge on any atom is -0.382 e. The second-order valence-corrected chi connectivity index (χ2v) is 5.74. The Kier molecular flexibility index (Phi) is 4.75. The molecule has 0 aliphatic heterocycles. The van der Waals surface area contributed by atoms with Crippen LogP contribution in [0.1, 0.15) is 11.1 Å². The summed E-state index contributed by atoms with van der Waals surface area (Å²) < 4.78 is 61.7. The van der Waals surface area contributed by atoms with Crippen LogP contribution in [0.3, 0.4) is 0 Å². The molecule has 0 bridgehead atoms. The first kappa shape index (κ1) is 16.4. The van der Waals surface area contributed by atoms with Crippen LogP contribution >= 0.6 is 0 Å². The molecule has 1 aromatic carbocycles. The number of aliphatic hydroxyl groups excluding tert-OH is 1. The Morgan fingerprint density at radius 1 is 1.45 bits per heavy atom. The van der Waals surface area contributed by atoms with Gasteiger partial charge in [0, 0.05) is 6.54 Å². The first-order chi connectivity index (χ1) is 9.08. The minimum absolute atomic E-state index is 0.0624. The molecule has 0 radical (unpaired) electrons. The second kappa shape index (κ2) is 5.78. The van der Waals surface area contributed by atoms with Crippen molar-refractivity contribution < 1.29 is 26.7 Å². The van der Waals surface area contributed by atoms with E-state index in [1.807, 2.05) is 0 Å². The summed E-state index contributed by atoms with van der Waals surface area (Å²) >= 11 is 0. The van der Waals surface area contributed by atoms with Crippen molar-refractivity contribution in [1.82, 2.24) is 4.72 Å². The predicted octanol–water partition coefficient (Wildman–Crippen LogP) is 1.07. The molecule has 9 heteroatoms. The number of aryl methyl sites for hydroxylation is 1. The minimum atomic E-state index is -4.91. The molecule has 2 N–H and O–H groups in total. The summed E-state index contributed by atoms with van der Waals surface area (Å²) in [5, 5.41) is 17.5. The summed E-state index contributed by atoms with van der Waals surface area (Å²) in [6.45, 7) is 0.248. The number of halogens is 3. The molecule has 5 nitrogen and oxygen atoms in total. The zero-order valence-corrected chi connectivity index (χ0v) is 11.1. The molecular weight excluding hydrogens is 297 g/mol. The largest absolute Gasteiger partial charge is 0.415 e. The number of nitrogens with zero attached hydrogens (tertiary/aromatic N) is 1. The van der Waals surface area contributed by atoms with Crippen LogP contribution in [-0.4, -0.2) is 32.3 Å². The van der Waals surface area contributed by atoms with Crippen molar-refractivity contribution in [1.29, 1.82) is 5.26 Å². The van der Waals surface area contributed by atoms with E-state index in [1.165, 1.54) is 19.1 Å². The highest BCUT2D eigenvalue weighted by atomic mass is 32.2. The van der Waals surface area contributed by atoms with Gasteiger partial charge in [-0.05, 0) is 24.6 Å². The number of hydrogen-bond donors (Lipinski definition) is 2. The Bertz CT molecular complexity index is 635. The van der Waals surface area contributed by atoms with Crippen LogP contribution in [-0.2, 0) is 10.0 Å². The van der Waals surface area contributed by atoms with Crippen molar-refractivity contribution in [3.8, 4) is 6.07 Å². The molecule has 1 aromatic rings. The number of aliphatic hydroxyl groups is 1. The summed E-state index contributed by atoms with van der Waals surface area (Å²) in [5.74, 6) is 0. The van der Waals surface area contributed by atoms with Gasteiger partial charge in [-0.3, -0.25) is 0 Å². The van der Waals surface area contributed by atoms with Crippen molar-refractivity contribution in [2.75, 3.05) is 6.54 Å². The maximum atomic E-state index is 12.1. The fraction of sp³-hybridized carbons (Fsp3) is 0.364. The van der Waals surface area contributed by atoms with Crippen LogP contribution in [0.25, 0.3) is 0 Å². The maximum absolute atomic E-state index is 12.1. The molecule has 110 valence electrons. The number of benzene rings is 1. The smallest absolute Gasteiger partial charge is 0.382 e. The van der Waals surface area contributed by atoms with Crippen LogP contribution in [0, 0.1) is 18.3 Å². The van der Waals surface area contributed by atoms with Gasteiger partial charge in [0.15, 0.2) is 6.10 Å². The quantitative estimate of drug-likeness (QED) is 0.870. The molecule has 1 unspecified atom stereocenters. The number of sulfonamides is 1. The number of nitriles is 1. The van der Waals surface area contributed by atoms with Gasteiger partial charge in [0.1, 0.15) is 0 Å². The fourth-order valence-electron chi connectivity index (χ4n) is 1.34. The zero-order chi connectivity index (χ0) is 15.6. The average Bonchev–Trinajstić information content (AvgIpc) is 2.35. The highest BCUT2D eigenvalue weighted by Crippen LogP contribution is 2.21. The van der Waals surface area contributed by atoms with Crippen molar-refractivity contribution in [3.63, 3.8) is 0 Å². The predicted molar refractivity (Wildman–Crippen MR) is 63.1 cm³/mol. The van der Waals surface area contributed by atoms with Crippen molar-refractivity contribution >= 4 is 10.0 Å². The van der Waals surface area contributed by atoms with E-state index in [1.54, 1.807) is 10.8 Å². The van der Waals surface area contributed by atoms with E-state index in [2.05, 4.69) is 0 Å². The van der Waals surface area contributed by atoms with E-state index in [0.717, 1.165) is 6.07 Å². The topological polar surface area (TPSA) is 90.2 Å². The molecule has 1 rings (SSSR count). The SMILES string of the molecule is Cc1ccc(C#N)cc1S(=O)(=O)NCC(O)C(F)(F)F. The molecule has 0 heterocycles. The maximum Gasteiger partial charge on any atom is 0.415 e. The third kappa shape index (κ3) is 3.93. The van der Waals surface area contributed by atoms with Gasteiger partial charge in [-0.1, -0.05) is 6.07 Å². The Morgan fingerprint density at radius 2 is 2.05 bits per heavy atom. The third-order valence-electron chi connectivity index (χ3n) is 2.45. The van der Waals surface area contributed by atoms with Gasteiger partial charge >= 0.3 is 6.18 Å². The molecule has 0 aliphatic carbocycles. The molecule has 0 spiro atoms. The number of rotatable bonds is 4. The van der Waals surface area contributed by atoms with E-state index >= 15 is 0 Å². The van der Waals surface area contributed by atoms with Crippen LogP contribution in [0.4, 0.5) is 13.2 Å². The van der Waals surface area contributed by atoms with Crippen LogP contribution < -0.4 is 4.72 Å². The zero-order valence-electron chi connectivity index (χ0n) is 10.3. The normalized spacial score (nSPS) is 13.8. The van der Waals surface area contributed by atoms with Crippen LogP contribution in [0.15, 0.2) is 23.1 Å². The van der Waals surface area contributed by atoms with E-state index in [4.69, 9.17) is 10.4 Å². The molecule has 0 fully saturated rings. The van der Waals surface area contributed by atoms with Gasteiger partial charge < -0.3 is 5.11 Å². The van der Waals surface area contributed by atoms with Crippen LogP contribution in [0.5, 0.6) is 0 Å². The van der Waals surface area contributed by atoms with Crippen molar-refractivity contribution in [3.05, 3.63) is 29.3 Å². The summed E-state index contributed by atoms with van der Waals surface area (Å²) in [6, 6.07) is 5.54.